The van der Waals surface area contributed by atoms with Gasteiger partial charge in [-0.1, -0.05) is 0 Å². The fourth-order valence-corrected chi connectivity index (χ4v) is 2.05. The van der Waals surface area contributed by atoms with E-state index in [9.17, 15) is 18.4 Å². The third-order valence-corrected chi connectivity index (χ3v) is 3.44. The molecule has 6 nitrogen and oxygen atoms in total. The topological polar surface area (TPSA) is 81.2 Å². The van der Waals surface area contributed by atoms with Gasteiger partial charge >= 0.3 is 6.03 Å². The predicted octanol–water partition coefficient (Wildman–Crippen LogP) is 1.28. The molecular weight excluding hydrogens is 282 g/mol. The lowest BCUT2D eigenvalue weighted by Crippen LogP contribution is -2.35. The molecule has 0 saturated carbocycles. The zero-order valence-electron chi connectivity index (χ0n) is 11.7. The van der Waals surface area contributed by atoms with Crippen molar-refractivity contribution >= 4 is 16.8 Å². The molecule has 0 saturated heterocycles. The second kappa shape index (κ2) is 5.12. The standard InChI is InChI=1S/C13H14F2N4O2/c1-6(18(2)13(16)21)11-7-4-9(14)10(15)5-8(7)12(20)19(3)17-11/h4-6H,1-3H3,(H2,16,21). The molecule has 2 amide bonds. The molecule has 0 bridgehead atoms. The zero-order valence-corrected chi connectivity index (χ0v) is 11.7. The van der Waals surface area contributed by atoms with E-state index in [1.54, 1.807) is 6.92 Å². The minimum atomic E-state index is -1.12. The van der Waals surface area contributed by atoms with Crippen molar-refractivity contribution in [2.45, 2.75) is 13.0 Å². The number of carbonyl (C=O) groups is 1. The van der Waals surface area contributed by atoms with E-state index in [2.05, 4.69) is 5.10 Å². The Labute approximate surface area is 118 Å². The molecule has 0 spiro atoms. The third kappa shape index (κ3) is 2.44. The Bertz CT molecular complexity index is 788. The van der Waals surface area contributed by atoms with Crippen LogP contribution in [0.4, 0.5) is 13.6 Å². The van der Waals surface area contributed by atoms with E-state index in [-0.39, 0.29) is 16.5 Å². The van der Waals surface area contributed by atoms with Crippen molar-refractivity contribution in [3.63, 3.8) is 0 Å². The maximum absolute atomic E-state index is 13.5. The van der Waals surface area contributed by atoms with Gasteiger partial charge in [0.05, 0.1) is 17.1 Å². The molecule has 0 aliphatic heterocycles. The van der Waals surface area contributed by atoms with Crippen LogP contribution in [0.15, 0.2) is 16.9 Å². The Hall–Kier alpha value is -2.51. The van der Waals surface area contributed by atoms with Crippen molar-refractivity contribution in [1.82, 2.24) is 14.7 Å². The average Bonchev–Trinajstić information content (AvgIpc) is 2.43. The fraction of sp³-hybridized carbons (Fsp3) is 0.308. The summed E-state index contributed by atoms with van der Waals surface area (Å²) in [4.78, 5) is 24.4. The largest absolute Gasteiger partial charge is 0.351 e. The van der Waals surface area contributed by atoms with Gasteiger partial charge in [-0.05, 0) is 19.1 Å². The molecule has 1 aromatic heterocycles. The van der Waals surface area contributed by atoms with Crippen LogP contribution in [0.2, 0.25) is 0 Å². The number of hydrogen-bond acceptors (Lipinski definition) is 3. The molecule has 0 aliphatic carbocycles. The van der Waals surface area contributed by atoms with Gasteiger partial charge in [-0.25, -0.2) is 18.3 Å². The molecule has 0 fully saturated rings. The number of rotatable bonds is 2. The van der Waals surface area contributed by atoms with Crippen LogP contribution in [-0.2, 0) is 7.05 Å². The highest BCUT2D eigenvalue weighted by Crippen LogP contribution is 2.25. The lowest BCUT2D eigenvalue weighted by Gasteiger charge is -2.23. The first-order valence-corrected chi connectivity index (χ1v) is 6.12. The SMILES string of the molecule is CC(c1nn(C)c(=O)c2cc(F)c(F)cc12)N(C)C(N)=O. The van der Waals surface area contributed by atoms with Crippen LogP contribution in [0.5, 0.6) is 0 Å². The van der Waals surface area contributed by atoms with Crippen molar-refractivity contribution < 1.29 is 13.6 Å². The number of halogens is 2. The number of nitrogens with two attached hydrogens (primary N) is 1. The summed E-state index contributed by atoms with van der Waals surface area (Å²) in [5.74, 6) is -2.21. The lowest BCUT2D eigenvalue weighted by atomic mass is 10.1. The third-order valence-electron chi connectivity index (χ3n) is 3.44. The molecule has 2 rings (SSSR count). The van der Waals surface area contributed by atoms with E-state index in [4.69, 9.17) is 5.73 Å². The van der Waals surface area contributed by atoms with Crippen LogP contribution in [0.1, 0.15) is 18.7 Å². The quantitative estimate of drug-likeness (QED) is 0.906. The Morgan fingerprint density at radius 1 is 1.33 bits per heavy atom. The summed E-state index contributed by atoms with van der Waals surface area (Å²) in [6, 6.07) is 0.421. The van der Waals surface area contributed by atoms with E-state index in [1.807, 2.05) is 0 Å². The summed E-state index contributed by atoms with van der Waals surface area (Å²) in [5.41, 5.74) is 4.90. The first-order chi connectivity index (χ1) is 9.73. The number of amides is 2. The van der Waals surface area contributed by atoms with E-state index >= 15 is 0 Å². The number of fused-ring (bicyclic) bond motifs is 1. The Balaban J connectivity index is 2.80. The highest BCUT2D eigenvalue weighted by atomic mass is 19.2. The van der Waals surface area contributed by atoms with Gasteiger partial charge in [0.1, 0.15) is 0 Å². The first kappa shape index (κ1) is 14.9. The number of aryl methyl sites for hydroxylation is 1. The predicted molar refractivity (Wildman–Crippen MR) is 72.7 cm³/mol. The van der Waals surface area contributed by atoms with Crippen molar-refractivity contribution in [2.75, 3.05) is 7.05 Å². The molecule has 1 aromatic carbocycles. The van der Waals surface area contributed by atoms with Crippen LogP contribution < -0.4 is 11.3 Å². The Morgan fingerprint density at radius 2 is 1.86 bits per heavy atom. The van der Waals surface area contributed by atoms with Gasteiger partial charge < -0.3 is 10.6 Å². The van der Waals surface area contributed by atoms with Gasteiger partial charge in [0, 0.05) is 19.5 Å². The normalized spacial score (nSPS) is 12.4. The van der Waals surface area contributed by atoms with Gasteiger partial charge in [0.25, 0.3) is 5.56 Å². The van der Waals surface area contributed by atoms with E-state index in [1.165, 1.54) is 19.0 Å². The second-order valence-corrected chi connectivity index (χ2v) is 4.75. The monoisotopic (exact) mass is 296 g/mol. The van der Waals surface area contributed by atoms with E-state index in [0.717, 1.165) is 16.8 Å². The second-order valence-electron chi connectivity index (χ2n) is 4.75. The minimum absolute atomic E-state index is 0.00822. The molecular formula is C13H14F2N4O2. The Morgan fingerprint density at radius 3 is 2.38 bits per heavy atom. The van der Waals surface area contributed by atoms with Crippen LogP contribution in [0.3, 0.4) is 0 Å². The van der Waals surface area contributed by atoms with Crippen LogP contribution in [0, 0.1) is 11.6 Å². The summed E-state index contributed by atoms with van der Waals surface area (Å²) < 4.78 is 27.8. The number of aromatic nitrogens is 2. The molecule has 0 aliphatic rings. The molecule has 21 heavy (non-hydrogen) atoms. The van der Waals surface area contributed by atoms with Crippen molar-refractivity contribution in [3.05, 3.63) is 39.8 Å². The minimum Gasteiger partial charge on any atom is -0.351 e. The van der Waals surface area contributed by atoms with Gasteiger partial charge in [0.15, 0.2) is 11.6 Å². The summed E-state index contributed by atoms with van der Waals surface area (Å²) in [6.45, 7) is 1.62. The first-order valence-electron chi connectivity index (χ1n) is 6.12. The number of benzene rings is 1. The van der Waals surface area contributed by atoms with Crippen LogP contribution in [0.25, 0.3) is 10.8 Å². The maximum atomic E-state index is 13.5. The number of hydrogen-bond donors (Lipinski definition) is 1. The average molecular weight is 296 g/mol. The van der Waals surface area contributed by atoms with Crippen molar-refractivity contribution in [1.29, 1.82) is 0 Å². The highest BCUT2D eigenvalue weighted by Gasteiger charge is 2.22. The number of primary amides is 1. The summed E-state index contributed by atoms with van der Waals surface area (Å²) in [5, 5.41) is 4.18. The molecule has 0 radical (unpaired) electrons. The van der Waals surface area contributed by atoms with Gasteiger partial charge in [-0.3, -0.25) is 4.79 Å². The number of urea groups is 1. The Kier molecular flexibility index (Phi) is 3.63. The molecule has 8 heteroatoms. The van der Waals surface area contributed by atoms with Crippen molar-refractivity contribution in [3.8, 4) is 0 Å². The van der Waals surface area contributed by atoms with E-state index < -0.39 is 29.3 Å². The molecule has 2 N–H and O–H groups in total. The molecule has 112 valence electrons. The van der Waals surface area contributed by atoms with E-state index in [0.29, 0.717) is 0 Å². The molecule has 1 heterocycles. The smallest absolute Gasteiger partial charge is 0.315 e. The number of nitrogens with zero attached hydrogens (tertiary/aromatic N) is 3. The highest BCUT2D eigenvalue weighted by molar-refractivity contribution is 5.84. The van der Waals surface area contributed by atoms with Crippen LogP contribution >= 0.6 is 0 Å². The molecule has 1 atom stereocenters. The van der Waals surface area contributed by atoms with Crippen LogP contribution in [-0.4, -0.2) is 27.8 Å². The number of carbonyl (C=O) groups excluding carboxylic acids is 1. The lowest BCUT2D eigenvalue weighted by molar-refractivity contribution is 0.203. The zero-order chi connectivity index (χ0) is 15.9. The van der Waals surface area contributed by atoms with Crippen molar-refractivity contribution in [2.24, 2.45) is 12.8 Å². The molecule has 1 unspecified atom stereocenters. The fourth-order valence-electron chi connectivity index (χ4n) is 2.05. The maximum Gasteiger partial charge on any atom is 0.315 e. The summed E-state index contributed by atoms with van der Waals surface area (Å²) >= 11 is 0. The van der Waals surface area contributed by atoms with Gasteiger partial charge in [-0.2, -0.15) is 5.10 Å². The summed E-state index contributed by atoms with van der Waals surface area (Å²) in [6.07, 6.45) is 0. The van der Waals surface area contributed by atoms with Gasteiger partial charge in [-0.15, -0.1) is 0 Å². The molecule has 2 aromatic rings. The van der Waals surface area contributed by atoms with Gasteiger partial charge in [0.2, 0.25) is 0 Å². The summed E-state index contributed by atoms with van der Waals surface area (Å²) in [7, 11) is 2.84.